The topological polar surface area (TPSA) is 75.0 Å². The molecular weight excluding hydrogens is 230 g/mol. The van der Waals surface area contributed by atoms with Gasteiger partial charge in [0.2, 0.25) is 0 Å². The second-order valence-corrected chi connectivity index (χ2v) is 4.34. The Hall–Kier alpha value is -1.93. The smallest absolute Gasteiger partial charge is 0.269 e. The van der Waals surface area contributed by atoms with E-state index in [9.17, 15) is 4.79 Å². The molecule has 1 amide bonds. The van der Waals surface area contributed by atoms with E-state index in [0.717, 1.165) is 19.4 Å². The zero-order valence-electron chi connectivity index (χ0n) is 10.1. The summed E-state index contributed by atoms with van der Waals surface area (Å²) in [5, 5.41) is 11.5. The molecule has 1 aromatic rings. The third-order valence-electron chi connectivity index (χ3n) is 2.93. The third kappa shape index (κ3) is 3.28. The number of rotatable bonds is 3. The minimum Gasteiger partial charge on any atom is -0.381 e. The number of hydrogen-bond donors (Lipinski definition) is 1. The first kappa shape index (κ1) is 12.5. The molecule has 1 atom stereocenters. The van der Waals surface area contributed by atoms with Crippen molar-refractivity contribution < 1.29 is 9.53 Å². The summed E-state index contributed by atoms with van der Waals surface area (Å²) >= 11 is 0. The van der Waals surface area contributed by atoms with Crippen LogP contribution in [-0.2, 0) is 4.74 Å². The van der Waals surface area contributed by atoms with Crippen LogP contribution in [0.3, 0.4) is 0 Å². The van der Waals surface area contributed by atoms with E-state index in [1.165, 1.54) is 6.20 Å². The third-order valence-corrected chi connectivity index (χ3v) is 2.93. The van der Waals surface area contributed by atoms with Crippen molar-refractivity contribution in [2.45, 2.75) is 12.8 Å². The number of nitrogens with zero attached hydrogens (tertiary/aromatic N) is 2. The van der Waals surface area contributed by atoms with Gasteiger partial charge in [0.05, 0.1) is 12.2 Å². The maximum Gasteiger partial charge on any atom is 0.269 e. The van der Waals surface area contributed by atoms with E-state index < -0.39 is 0 Å². The quantitative estimate of drug-likeness (QED) is 0.865. The Balaban J connectivity index is 1.85. The summed E-state index contributed by atoms with van der Waals surface area (Å²) in [6.45, 7) is 2.14. The van der Waals surface area contributed by atoms with Crippen molar-refractivity contribution in [2.75, 3.05) is 19.8 Å². The minimum absolute atomic E-state index is 0.204. The summed E-state index contributed by atoms with van der Waals surface area (Å²) in [6, 6.07) is 5.12. The summed E-state index contributed by atoms with van der Waals surface area (Å²) < 4.78 is 5.35. The SMILES string of the molecule is N#Cc1ccc(C(=O)NCC2CCCOC2)nc1. The van der Waals surface area contributed by atoms with Gasteiger partial charge in [-0.15, -0.1) is 0 Å². The van der Waals surface area contributed by atoms with E-state index in [4.69, 9.17) is 10.00 Å². The summed E-state index contributed by atoms with van der Waals surface area (Å²) in [6.07, 6.45) is 3.54. The predicted octanol–water partition coefficient (Wildman–Crippen LogP) is 1.11. The van der Waals surface area contributed by atoms with Crippen LogP contribution in [0, 0.1) is 17.2 Å². The molecule has 1 aliphatic heterocycles. The summed E-state index contributed by atoms with van der Waals surface area (Å²) in [5.41, 5.74) is 0.790. The van der Waals surface area contributed by atoms with E-state index in [0.29, 0.717) is 30.3 Å². The minimum atomic E-state index is -0.204. The lowest BCUT2D eigenvalue weighted by Crippen LogP contribution is -2.33. The standard InChI is InChI=1S/C13H15N3O2/c14-6-10-3-4-12(15-7-10)13(17)16-8-11-2-1-5-18-9-11/h3-4,7,11H,1-2,5,8-9H2,(H,16,17). The fraction of sp³-hybridized carbons (Fsp3) is 0.462. The molecule has 1 fully saturated rings. The normalized spacial score (nSPS) is 18.9. The van der Waals surface area contributed by atoms with Crippen LogP contribution in [0.2, 0.25) is 0 Å². The lowest BCUT2D eigenvalue weighted by Gasteiger charge is -2.22. The average molecular weight is 245 g/mol. The molecule has 2 rings (SSSR count). The van der Waals surface area contributed by atoms with Gasteiger partial charge < -0.3 is 10.1 Å². The Labute approximate surface area is 106 Å². The van der Waals surface area contributed by atoms with Gasteiger partial charge in [0.15, 0.2) is 0 Å². The number of aromatic nitrogens is 1. The number of hydrogen-bond acceptors (Lipinski definition) is 4. The van der Waals surface area contributed by atoms with Crippen molar-refractivity contribution in [1.82, 2.24) is 10.3 Å². The van der Waals surface area contributed by atoms with E-state index in [-0.39, 0.29) is 5.91 Å². The molecule has 0 spiro atoms. The van der Waals surface area contributed by atoms with Crippen LogP contribution >= 0.6 is 0 Å². The highest BCUT2D eigenvalue weighted by molar-refractivity contribution is 5.92. The molecule has 2 heterocycles. The van der Waals surface area contributed by atoms with E-state index in [1.807, 2.05) is 6.07 Å². The number of carbonyl (C=O) groups excluding carboxylic acids is 1. The molecule has 1 unspecified atom stereocenters. The molecule has 18 heavy (non-hydrogen) atoms. The maximum atomic E-state index is 11.8. The lowest BCUT2D eigenvalue weighted by atomic mass is 10.0. The van der Waals surface area contributed by atoms with Crippen molar-refractivity contribution in [1.29, 1.82) is 5.26 Å². The zero-order chi connectivity index (χ0) is 12.8. The van der Waals surface area contributed by atoms with Gasteiger partial charge in [-0.2, -0.15) is 5.26 Å². The van der Waals surface area contributed by atoms with Crippen LogP contribution in [-0.4, -0.2) is 30.6 Å². The Morgan fingerprint density at radius 3 is 3.11 bits per heavy atom. The van der Waals surface area contributed by atoms with Crippen LogP contribution in [0.15, 0.2) is 18.3 Å². The average Bonchev–Trinajstić information content (AvgIpc) is 2.46. The van der Waals surface area contributed by atoms with Crippen LogP contribution in [0.4, 0.5) is 0 Å². The van der Waals surface area contributed by atoms with Gasteiger partial charge in [0, 0.05) is 19.3 Å². The number of pyridine rings is 1. The number of carbonyl (C=O) groups is 1. The second kappa shape index (κ2) is 6.12. The highest BCUT2D eigenvalue weighted by Gasteiger charge is 2.15. The predicted molar refractivity (Wildman–Crippen MR) is 64.8 cm³/mol. The molecule has 5 heteroatoms. The molecule has 1 aromatic heterocycles. The van der Waals surface area contributed by atoms with E-state index in [1.54, 1.807) is 12.1 Å². The zero-order valence-corrected chi connectivity index (χ0v) is 10.1. The van der Waals surface area contributed by atoms with Gasteiger partial charge in [-0.3, -0.25) is 4.79 Å². The summed E-state index contributed by atoms with van der Waals surface area (Å²) in [5.74, 6) is 0.186. The van der Waals surface area contributed by atoms with Crippen molar-refractivity contribution in [3.05, 3.63) is 29.6 Å². The largest absolute Gasteiger partial charge is 0.381 e. The van der Waals surface area contributed by atoms with Gasteiger partial charge in [-0.25, -0.2) is 4.98 Å². The maximum absolute atomic E-state index is 11.8. The number of nitriles is 1. The molecule has 5 nitrogen and oxygen atoms in total. The molecular formula is C13H15N3O2. The molecule has 0 radical (unpaired) electrons. The first-order valence-corrected chi connectivity index (χ1v) is 6.01. The van der Waals surface area contributed by atoms with Gasteiger partial charge in [0.25, 0.3) is 5.91 Å². The monoisotopic (exact) mass is 245 g/mol. The molecule has 0 bridgehead atoms. The summed E-state index contributed by atoms with van der Waals surface area (Å²) in [7, 11) is 0. The molecule has 0 aliphatic carbocycles. The Morgan fingerprint density at radius 2 is 2.50 bits per heavy atom. The van der Waals surface area contributed by atoms with E-state index >= 15 is 0 Å². The second-order valence-electron chi connectivity index (χ2n) is 4.34. The highest BCUT2D eigenvalue weighted by atomic mass is 16.5. The van der Waals surface area contributed by atoms with Crippen LogP contribution in [0.25, 0.3) is 0 Å². The molecule has 1 N–H and O–H groups in total. The summed E-state index contributed by atoms with van der Waals surface area (Å²) in [4.78, 5) is 15.7. The van der Waals surface area contributed by atoms with Crippen molar-refractivity contribution in [3.8, 4) is 6.07 Å². The first-order chi connectivity index (χ1) is 8.79. The molecule has 1 saturated heterocycles. The Morgan fingerprint density at radius 1 is 1.61 bits per heavy atom. The number of ether oxygens (including phenoxy) is 1. The van der Waals surface area contributed by atoms with E-state index in [2.05, 4.69) is 10.3 Å². The Kier molecular flexibility index (Phi) is 4.26. The van der Waals surface area contributed by atoms with Crippen molar-refractivity contribution in [3.63, 3.8) is 0 Å². The molecule has 0 aromatic carbocycles. The van der Waals surface area contributed by atoms with Crippen LogP contribution in [0.1, 0.15) is 28.9 Å². The molecule has 0 saturated carbocycles. The number of amides is 1. The van der Waals surface area contributed by atoms with Gasteiger partial charge in [-0.05, 0) is 30.9 Å². The first-order valence-electron chi connectivity index (χ1n) is 6.01. The molecule has 1 aliphatic rings. The van der Waals surface area contributed by atoms with Gasteiger partial charge in [-0.1, -0.05) is 0 Å². The lowest BCUT2D eigenvalue weighted by molar-refractivity contribution is 0.0535. The van der Waals surface area contributed by atoms with Crippen molar-refractivity contribution >= 4 is 5.91 Å². The molecule has 94 valence electrons. The fourth-order valence-corrected chi connectivity index (χ4v) is 1.89. The van der Waals surface area contributed by atoms with Crippen molar-refractivity contribution in [2.24, 2.45) is 5.92 Å². The number of nitrogens with one attached hydrogen (secondary N) is 1. The fourth-order valence-electron chi connectivity index (χ4n) is 1.89. The Bertz CT molecular complexity index is 444. The van der Waals surface area contributed by atoms with Crippen LogP contribution < -0.4 is 5.32 Å². The van der Waals surface area contributed by atoms with Gasteiger partial charge in [0.1, 0.15) is 11.8 Å². The van der Waals surface area contributed by atoms with Gasteiger partial charge >= 0.3 is 0 Å². The highest BCUT2D eigenvalue weighted by Crippen LogP contribution is 2.12. The van der Waals surface area contributed by atoms with Crippen LogP contribution in [0.5, 0.6) is 0 Å².